The second kappa shape index (κ2) is 6.29. The Kier molecular flexibility index (Phi) is 4.72. The smallest absolute Gasteiger partial charge is 0.229 e. The largest absolute Gasteiger partial charge is 0.373 e. The van der Waals surface area contributed by atoms with Crippen LogP contribution >= 0.6 is 0 Å². The first-order chi connectivity index (χ1) is 8.74. The van der Waals surface area contributed by atoms with Crippen molar-refractivity contribution in [3.05, 3.63) is 11.7 Å². The van der Waals surface area contributed by atoms with Crippen molar-refractivity contribution in [2.45, 2.75) is 57.6 Å². The van der Waals surface area contributed by atoms with Crippen molar-refractivity contribution < 1.29 is 9.26 Å². The lowest BCUT2D eigenvalue weighted by atomic mass is 9.93. The average Bonchev–Trinajstić information content (AvgIpc) is 2.85. The maximum Gasteiger partial charge on any atom is 0.229 e. The average molecular weight is 253 g/mol. The van der Waals surface area contributed by atoms with Gasteiger partial charge >= 0.3 is 0 Å². The molecule has 0 spiro atoms. The van der Waals surface area contributed by atoms with Crippen LogP contribution in [0.1, 0.15) is 63.3 Å². The third kappa shape index (κ3) is 3.09. The van der Waals surface area contributed by atoms with Gasteiger partial charge in [-0.2, -0.15) is 4.98 Å². The molecule has 1 aromatic heterocycles. The number of piperidine rings is 1. The highest BCUT2D eigenvalue weighted by Crippen LogP contribution is 2.28. The van der Waals surface area contributed by atoms with Gasteiger partial charge in [-0.05, 0) is 32.7 Å². The van der Waals surface area contributed by atoms with Crippen molar-refractivity contribution in [1.29, 1.82) is 0 Å². The first kappa shape index (κ1) is 13.5. The molecule has 1 fully saturated rings. The highest BCUT2D eigenvalue weighted by molar-refractivity contribution is 4.99. The number of ether oxygens (including phenoxy) is 1. The molecule has 2 rings (SSSR count). The van der Waals surface area contributed by atoms with Crippen molar-refractivity contribution in [2.24, 2.45) is 0 Å². The molecule has 1 N–H and O–H groups in total. The summed E-state index contributed by atoms with van der Waals surface area (Å²) in [5, 5.41) is 7.50. The van der Waals surface area contributed by atoms with Gasteiger partial charge in [-0.15, -0.1) is 0 Å². The lowest BCUT2D eigenvalue weighted by molar-refractivity contribution is 0.0854. The van der Waals surface area contributed by atoms with Gasteiger partial charge in [0, 0.05) is 19.1 Å². The lowest BCUT2D eigenvalue weighted by Crippen LogP contribution is -2.34. The summed E-state index contributed by atoms with van der Waals surface area (Å²) >= 11 is 0. The van der Waals surface area contributed by atoms with Crippen LogP contribution in [0.3, 0.4) is 0 Å². The Bertz CT molecular complexity index is 367. The van der Waals surface area contributed by atoms with Crippen LogP contribution in [0.4, 0.5) is 0 Å². The Morgan fingerprint density at radius 2 is 2.39 bits per heavy atom. The number of hydrogen-bond donors (Lipinski definition) is 1. The molecule has 3 unspecified atom stereocenters. The fraction of sp³-hybridized carbons (Fsp3) is 0.846. The summed E-state index contributed by atoms with van der Waals surface area (Å²) in [6.07, 6.45) is 4.07. The molecule has 1 saturated heterocycles. The molecule has 1 aromatic rings. The van der Waals surface area contributed by atoms with Crippen LogP contribution in [-0.2, 0) is 4.74 Å². The number of hydrogen-bond acceptors (Lipinski definition) is 5. The number of nitrogens with zero attached hydrogens (tertiary/aromatic N) is 2. The number of nitrogens with one attached hydrogen (secondary N) is 1. The van der Waals surface area contributed by atoms with E-state index in [-0.39, 0.29) is 6.10 Å². The molecule has 2 heterocycles. The molecule has 3 atom stereocenters. The van der Waals surface area contributed by atoms with E-state index in [0.29, 0.717) is 17.8 Å². The minimum Gasteiger partial charge on any atom is -0.373 e. The monoisotopic (exact) mass is 253 g/mol. The fourth-order valence-corrected chi connectivity index (χ4v) is 2.51. The maximum absolute atomic E-state index is 5.41. The van der Waals surface area contributed by atoms with Gasteiger partial charge in [-0.3, -0.25) is 0 Å². The van der Waals surface area contributed by atoms with E-state index in [1.165, 1.54) is 0 Å². The summed E-state index contributed by atoms with van der Waals surface area (Å²) in [4.78, 5) is 4.53. The van der Waals surface area contributed by atoms with E-state index < -0.39 is 0 Å². The Morgan fingerprint density at radius 1 is 1.56 bits per heavy atom. The predicted molar refractivity (Wildman–Crippen MR) is 68.4 cm³/mol. The molecular formula is C13H23N3O2. The lowest BCUT2D eigenvalue weighted by Gasteiger charge is -2.25. The molecule has 1 aliphatic rings. The molecule has 1 aliphatic heterocycles. The third-order valence-corrected chi connectivity index (χ3v) is 3.55. The van der Waals surface area contributed by atoms with E-state index in [2.05, 4.69) is 29.3 Å². The van der Waals surface area contributed by atoms with Crippen molar-refractivity contribution in [3.8, 4) is 0 Å². The first-order valence-electron chi connectivity index (χ1n) is 6.84. The summed E-state index contributed by atoms with van der Waals surface area (Å²) in [5.74, 6) is 1.86. The predicted octanol–water partition coefficient (Wildman–Crippen LogP) is 2.41. The molecule has 0 aromatic carbocycles. The molecule has 5 heteroatoms. The van der Waals surface area contributed by atoms with Gasteiger partial charge in [-0.25, -0.2) is 0 Å². The minimum absolute atomic E-state index is 0.0355. The van der Waals surface area contributed by atoms with E-state index in [0.717, 1.165) is 38.1 Å². The SMILES string of the molecule is CCCC(OC)c1noc(C2CCNC(C)C2)n1. The van der Waals surface area contributed by atoms with Crippen molar-refractivity contribution >= 4 is 0 Å². The van der Waals surface area contributed by atoms with Gasteiger partial charge in [0.15, 0.2) is 0 Å². The normalized spacial score (nSPS) is 26.2. The summed E-state index contributed by atoms with van der Waals surface area (Å²) in [5.41, 5.74) is 0. The Balaban J connectivity index is 2.04. The first-order valence-corrected chi connectivity index (χ1v) is 6.84. The zero-order valence-corrected chi connectivity index (χ0v) is 11.5. The molecule has 18 heavy (non-hydrogen) atoms. The van der Waals surface area contributed by atoms with E-state index >= 15 is 0 Å². The molecule has 102 valence electrons. The zero-order valence-electron chi connectivity index (χ0n) is 11.5. The van der Waals surface area contributed by atoms with Gasteiger partial charge in [-0.1, -0.05) is 18.5 Å². The van der Waals surface area contributed by atoms with Crippen molar-refractivity contribution in [1.82, 2.24) is 15.5 Å². The molecule has 0 aliphatic carbocycles. The maximum atomic E-state index is 5.41. The molecule has 0 bridgehead atoms. The number of rotatable bonds is 5. The molecule has 0 amide bonds. The van der Waals surface area contributed by atoms with E-state index in [1.807, 2.05) is 0 Å². The topological polar surface area (TPSA) is 60.2 Å². The number of methoxy groups -OCH3 is 1. The zero-order chi connectivity index (χ0) is 13.0. The third-order valence-electron chi connectivity index (χ3n) is 3.55. The van der Waals surface area contributed by atoms with Gasteiger partial charge in [0.2, 0.25) is 11.7 Å². The van der Waals surface area contributed by atoms with Crippen molar-refractivity contribution in [3.63, 3.8) is 0 Å². The number of aromatic nitrogens is 2. The highest BCUT2D eigenvalue weighted by Gasteiger charge is 2.26. The van der Waals surface area contributed by atoms with E-state index in [1.54, 1.807) is 7.11 Å². The summed E-state index contributed by atoms with van der Waals surface area (Å²) < 4.78 is 10.8. The molecule has 0 saturated carbocycles. The Labute approximate surface area is 108 Å². The summed E-state index contributed by atoms with van der Waals surface area (Å²) in [6, 6.07) is 0.521. The van der Waals surface area contributed by atoms with E-state index in [4.69, 9.17) is 9.26 Å². The van der Waals surface area contributed by atoms with Crippen LogP contribution in [0.2, 0.25) is 0 Å². The highest BCUT2D eigenvalue weighted by atomic mass is 16.5. The molecular weight excluding hydrogens is 230 g/mol. The fourth-order valence-electron chi connectivity index (χ4n) is 2.51. The Morgan fingerprint density at radius 3 is 3.06 bits per heavy atom. The standard InChI is InChI=1S/C13H23N3O2/c1-4-5-11(17-3)12-15-13(18-16-12)10-6-7-14-9(2)8-10/h9-11,14H,4-8H2,1-3H3. The molecule has 0 radical (unpaired) electrons. The van der Waals surface area contributed by atoms with Crippen LogP contribution < -0.4 is 5.32 Å². The van der Waals surface area contributed by atoms with Crippen LogP contribution in [0.25, 0.3) is 0 Å². The quantitative estimate of drug-likeness (QED) is 0.873. The second-order valence-electron chi connectivity index (χ2n) is 5.08. The summed E-state index contributed by atoms with van der Waals surface area (Å²) in [6.45, 7) is 5.34. The van der Waals surface area contributed by atoms with Crippen LogP contribution in [0, 0.1) is 0 Å². The Hall–Kier alpha value is -0.940. The summed E-state index contributed by atoms with van der Waals surface area (Å²) in [7, 11) is 1.70. The van der Waals surface area contributed by atoms with E-state index in [9.17, 15) is 0 Å². The van der Waals surface area contributed by atoms with Crippen molar-refractivity contribution in [2.75, 3.05) is 13.7 Å². The molecule has 5 nitrogen and oxygen atoms in total. The van der Waals surface area contributed by atoms with Gasteiger partial charge in [0.05, 0.1) is 0 Å². The van der Waals surface area contributed by atoms with Gasteiger partial charge in [0.25, 0.3) is 0 Å². The van der Waals surface area contributed by atoms with Crippen LogP contribution in [0.15, 0.2) is 4.52 Å². The van der Waals surface area contributed by atoms with Crippen LogP contribution in [0.5, 0.6) is 0 Å². The second-order valence-corrected chi connectivity index (χ2v) is 5.08. The van der Waals surface area contributed by atoms with Gasteiger partial charge in [0.1, 0.15) is 6.10 Å². The minimum atomic E-state index is -0.0355. The van der Waals surface area contributed by atoms with Gasteiger partial charge < -0.3 is 14.6 Å². The van der Waals surface area contributed by atoms with Crippen LogP contribution in [-0.4, -0.2) is 29.8 Å².